The van der Waals surface area contributed by atoms with Gasteiger partial charge >= 0.3 is 5.97 Å². The van der Waals surface area contributed by atoms with Crippen LogP contribution in [0.15, 0.2) is 131 Å². The van der Waals surface area contributed by atoms with E-state index < -0.39 is 94.2 Å². The molecule has 1 N–H and O–H groups in total. The van der Waals surface area contributed by atoms with Crippen molar-refractivity contribution in [1.82, 2.24) is 8.61 Å². The second kappa shape index (κ2) is 15.9. The number of esters is 1. The number of carbonyl (C=O) groups is 1. The highest BCUT2D eigenvalue weighted by Gasteiger charge is 2.48. The van der Waals surface area contributed by atoms with Crippen molar-refractivity contribution in [3.63, 3.8) is 0 Å². The molecule has 52 heavy (non-hydrogen) atoms. The largest absolute Gasteiger partial charge is 0.468 e. The molecule has 4 aromatic carbocycles. The average Bonchev–Trinajstić information content (AvgIpc) is 3.14. The van der Waals surface area contributed by atoms with Crippen molar-refractivity contribution in [3.05, 3.63) is 153 Å². The minimum atomic E-state index is -4.98. The van der Waals surface area contributed by atoms with Gasteiger partial charge in [0.05, 0.1) is 29.1 Å². The van der Waals surface area contributed by atoms with Gasteiger partial charge in [-0.15, -0.1) is 0 Å². The average molecular weight is 751 g/mol. The van der Waals surface area contributed by atoms with Crippen LogP contribution in [0.3, 0.4) is 0 Å². The molecule has 4 aromatic rings. The molecule has 0 saturated carbocycles. The number of benzene rings is 4. The van der Waals surface area contributed by atoms with Crippen LogP contribution in [0.1, 0.15) is 17.5 Å². The standard InChI is InChI=1S/C35H34N4O11S2/c1-50-35(41)31(22-25-12-4-2-5-13-25)37(52(48,49)34-19-11-9-17-29(34)39(44)45)27-20-21-32(40)30(23-27)36(24-26-14-6-3-7-15-26)51(46,47)33-18-10-8-16-28(33)38(42)43/h2-21,27,30-32,40H,22-24H2,1H3/t27-,30-,31-,32+/m0/s1. The zero-order valence-corrected chi connectivity index (χ0v) is 29.2. The number of nitrogens with zero attached hydrogens (tertiary/aromatic N) is 4. The molecule has 0 bridgehead atoms. The number of aliphatic hydroxyl groups excluding tert-OH is 1. The number of para-hydroxylation sites is 2. The van der Waals surface area contributed by atoms with Crippen LogP contribution in [0.2, 0.25) is 0 Å². The number of carbonyl (C=O) groups excluding carboxylic acids is 1. The first-order valence-electron chi connectivity index (χ1n) is 15.8. The highest BCUT2D eigenvalue weighted by molar-refractivity contribution is 7.89. The Labute approximate surface area is 299 Å². The van der Waals surface area contributed by atoms with Gasteiger partial charge in [-0.2, -0.15) is 8.61 Å². The Morgan fingerprint density at radius 3 is 1.77 bits per heavy atom. The molecule has 4 atom stereocenters. The monoisotopic (exact) mass is 750 g/mol. The molecule has 0 aromatic heterocycles. The van der Waals surface area contributed by atoms with Crippen LogP contribution >= 0.6 is 0 Å². The van der Waals surface area contributed by atoms with Gasteiger partial charge in [-0.05, 0) is 36.1 Å². The van der Waals surface area contributed by atoms with E-state index in [1.165, 1.54) is 36.4 Å². The molecule has 0 spiro atoms. The Morgan fingerprint density at radius 1 is 0.769 bits per heavy atom. The summed E-state index contributed by atoms with van der Waals surface area (Å²) in [6.45, 7) is -0.390. The number of hydrogen-bond acceptors (Lipinski definition) is 11. The molecular weight excluding hydrogens is 717 g/mol. The predicted molar refractivity (Wildman–Crippen MR) is 188 cm³/mol. The van der Waals surface area contributed by atoms with E-state index in [9.17, 15) is 47.0 Å². The fourth-order valence-electron chi connectivity index (χ4n) is 6.18. The summed E-state index contributed by atoms with van der Waals surface area (Å²) >= 11 is 0. The molecule has 1 aliphatic rings. The van der Waals surface area contributed by atoms with Gasteiger partial charge in [0.25, 0.3) is 31.4 Å². The zero-order valence-electron chi connectivity index (χ0n) is 27.6. The lowest BCUT2D eigenvalue weighted by Crippen LogP contribution is -2.56. The van der Waals surface area contributed by atoms with E-state index in [0.717, 1.165) is 40.0 Å². The minimum Gasteiger partial charge on any atom is -0.468 e. The number of nitro benzene ring substituents is 2. The lowest BCUT2D eigenvalue weighted by molar-refractivity contribution is -0.388. The fraction of sp³-hybridized carbons (Fsp3) is 0.229. The first-order chi connectivity index (χ1) is 24.8. The van der Waals surface area contributed by atoms with Crippen molar-refractivity contribution in [2.75, 3.05) is 7.11 Å². The van der Waals surface area contributed by atoms with Crippen LogP contribution in [-0.2, 0) is 42.5 Å². The molecule has 0 radical (unpaired) electrons. The molecular formula is C35H34N4O11S2. The third-order valence-corrected chi connectivity index (χ3v) is 12.5. The normalized spacial score (nSPS) is 18.2. The van der Waals surface area contributed by atoms with E-state index in [-0.39, 0.29) is 6.42 Å². The second-order valence-electron chi connectivity index (χ2n) is 11.8. The number of nitro groups is 2. The van der Waals surface area contributed by atoms with Gasteiger partial charge in [-0.3, -0.25) is 25.0 Å². The van der Waals surface area contributed by atoms with Crippen LogP contribution in [0.25, 0.3) is 0 Å². The van der Waals surface area contributed by atoms with Crippen molar-refractivity contribution in [1.29, 1.82) is 0 Å². The van der Waals surface area contributed by atoms with Crippen LogP contribution in [-0.4, -0.2) is 77.7 Å². The Bertz CT molecular complexity index is 2180. The third-order valence-electron chi connectivity index (χ3n) is 8.60. The summed E-state index contributed by atoms with van der Waals surface area (Å²) in [5.74, 6) is -1.00. The first-order valence-corrected chi connectivity index (χ1v) is 18.7. The number of aliphatic hydroxyl groups is 1. The molecule has 1 aliphatic carbocycles. The number of methoxy groups -OCH3 is 1. The maximum absolute atomic E-state index is 14.7. The maximum atomic E-state index is 14.7. The number of ether oxygens (including phenoxy) is 1. The van der Waals surface area contributed by atoms with E-state index in [1.54, 1.807) is 60.7 Å². The van der Waals surface area contributed by atoms with Gasteiger partial charge in [0, 0.05) is 24.7 Å². The van der Waals surface area contributed by atoms with Gasteiger partial charge < -0.3 is 9.84 Å². The summed E-state index contributed by atoms with van der Waals surface area (Å²) < 4.78 is 65.0. The van der Waals surface area contributed by atoms with E-state index in [0.29, 0.717) is 11.1 Å². The van der Waals surface area contributed by atoms with E-state index in [4.69, 9.17) is 4.74 Å². The van der Waals surface area contributed by atoms with Gasteiger partial charge in [0.15, 0.2) is 9.79 Å². The Morgan fingerprint density at radius 2 is 1.25 bits per heavy atom. The molecule has 0 unspecified atom stereocenters. The predicted octanol–water partition coefficient (Wildman–Crippen LogP) is 4.23. The summed E-state index contributed by atoms with van der Waals surface area (Å²) in [4.78, 5) is 34.5. The van der Waals surface area contributed by atoms with Crippen molar-refractivity contribution in [2.45, 2.75) is 53.4 Å². The number of rotatable bonds is 14. The molecule has 5 rings (SSSR count). The van der Waals surface area contributed by atoms with Crippen LogP contribution in [0.5, 0.6) is 0 Å². The van der Waals surface area contributed by atoms with Gasteiger partial charge in [0.2, 0.25) is 0 Å². The Kier molecular flexibility index (Phi) is 11.6. The first kappa shape index (κ1) is 37.9. The maximum Gasteiger partial charge on any atom is 0.324 e. The molecule has 0 amide bonds. The van der Waals surface area contributed by atoms with Gasteiger partial charge in [-0.1, -0.05) is 97.1 Å². The molecule has 0 heterocycles. The molecule has 272 valence electrons. The number of sulfonamides is 2. The van der Waals surface area contributed by atoms with E-state index in [2.05, 4.69) is 0 Å². The highest BCUT2D eigenvalue weighted by atomic mass is 32.2. The van der Waals surface area contributed by atoms with Gasteiger partial charge in [-0.25, -0.2) is 16.8 Å². The highest BCUT2D eigenvalue weighted by Crippen LogP contribution is 2.37. The number of hydrogen-bond donors (Lipinski definition) is 1. The fourth-order valence-corrected chi connectivity index (χ4v) is 9.87. The van der Waals surface area contributed by atoms with E-state index in [1.807, 2.05) is 0 Å². The molecule has 0 saturated heterocycles. The summed E-state index contributed by atoms with van der Waals surface area (Å²) in [7, 11) is -8.73. The summed E-state index contributed by atoms with van der Waals surface area (Å²) in [5.41, 5.74) is -0.519. The Hall–Kier alpha value is -5.33. The van der Waals surface area contributed by atoms with Crippen LogP contribution in [0, 0.1) is 20.2 Å². The second-order valence-corrected chi connectivity index (χ2v) is 15.5. The molecule has 0 fully saturated rings. The summed E-state index contributed by atoms with van der Waals surface area (Å²) in [6.07, 6.45) is 0.176. The van der Waals surface area contributed by atoms with Crippen LogP contribution in [0.4, 0.5) is 11.4 Å². The lowest BCUT2D eigenvalue weighted by atomic mass is 9.93. The third kappa shape index (κ3) is 7.93. The van der Waals surface area contributed by atoms with Gasteiger partial charge in [0.1, 0.15) is 6.04 Å². The summed E-state index contributed by atoms with van der Waals surface area (Å²) in [6, 6.07) is 21.4. The van der Waals surface area contributed by atoms with Crippen molar-refractivity contribution < 1.29 is 41.3 Å². The minimum absolute atomic E-state index is 0.243. The van der Waals surface area contributed by atoms with Crippen LogP contribution < -0.4 is 0 Å². The van der Waals surface area contributed by atoms with Crippen molar-refractivity contribution >= 4 is 37.4 Å². The Balaban J connectivity index is 1.70. The molecule has 17 heteroatoms. The topological polar surface area (TPSA) is 208 Å². The lowest BCUT2D eigenvalue weighted by Gasteiger charge is -2.41. The zero-order chi connectivity index (χ0) is 37.6. The smallest absolute Gasteiger partial charge is 0.324 e. The van der Waals surface area contributed by atoms with E-state index >= 15 is 0 Å². The van der Waals surface area contributed by atoms with Crippen molar-refractivity contribution in [3.8, 4) is 0 Å². The van der Waals surface area contributed by atoms with Crippen molar-refractivity contribution in [2.24, 2.45) is 0 Å². The quantitative estimate of drug-likeness (QED) is 0.0835. The summed E-state index contributed by atoms with van der Waals surface area (Å²) in [5, 5.41) is 35.4. The molecule has 15 nitrogen and oxygen atoms in total. The SMILES string of the molecule is COC(=O)[C@H](Cc1ccccc1)N([C@H]1C=C[C@@H](O)[C@@H](N(Cc2ccccc2)S(=O)(=O)c2ccccc2[N+](=O)[O-])C1)S(=O)(=O)c1ccccc1[N+](=O)[O-]. The molecule has 0 aliphatic heterocycles.